The van der Waals surface area contributed by atoms with Gasteiger partial charge in [-0.3, -0.25) is 10.1 Å². The Morgan fingerprint density at radius 1 is 1.00 bits per heavy atom. The number of non-ortho nitro benzene ring substituents is 1. The monoisotopic (exact) mass is 371 g/mol. The molecule has 0 aromatic heterocycles. The molecule has 8 heteroatoms. The Morgan fingerprint density at radius 3 is 2.43 bits per heavy atom. The number of ether oxygens (including phenoxy) is 1. The molecule has 8 nitrogen and oxygen atoms in total. The normalized spacial score (nSPS) is 11.3. The number of hydrogen-bond donors (Lipinski definition) is 1. The van der Waals surface area contributed by atoms with Crippen LogP contribution in [0.15, 0.2) is 47.7 Å². The first-order valence-electron chi connectivity index (χ1n) is 8.35. The van der Waals surface area contributed by atoms with Crippen LogP contribution in [-0.4, -0.2) is 4.92 Å². The van der Waals surface area contributed by atoms with Gasteiger partial charge in [0.1, 0.15) is 35.4 Å². The molecule has 0 heterocycles. The molecule has 2 aromatic rings. The summed E-state index contributed by atoms with van der Waals surface area (Å²) in [5, 5.41) is 40.8. The van der Waals surface area contributed by atoms with Crippen molar-refractivity contribution in [2.24, 2.45) is 0 Å². The van der Waals surface area contributed by atoms with Crippen LogP contribution in [0.1, 0.15) is 17.5 Å². The predicted molar refractivity (Wildman–Crippen MR) is 99.1 cm³/mol. The number of hydrogen-bond acceptors (Lipinski definition) is 7. The summed E-state index contributed by atoms with van der Waals surface area (Å²) in [5.41, 5.74) is 1.66. The lowest BCUT2D eigenvalue weighted by Gasteiger charge is -2.10. The van der Waals surface area contributed by atoms with E-state index in [1.54, 1.807) is 24.3 Å². The summed E-state index contributed by atoms with van der Waals surface area (Å²) in [6, 6.07) is 14.6. The van der Waals surface area contributed by atoms with Crippen LogP contribution in [0.4, 0.5) is 11.4 Å². The summed E-state index contributed by atoms with van der Waals surface area (Å²) in [5.74, 6) is 0.750. The third-order valence-corrected chi connectivity index (χ3v) is 4.26. The number of rotatable bonds is 5. The van der Waals surface area contributed by atoms with Gasteiger partial charge in [0.15, 0.2) is 5.57 Å². The highest BCUT2D eigenvalue weighted by Gasteiger charge is 2.15. The molecular formula is C20H13N5O3. The first-order valence-corrected chi connectivity index (χ1v) is 8.35. The molecular weight excluding hydrogens is 358 g/mol. The largest absolute Gasteiger partial charge is 0.457 e. The van der Waals surface area contributed by atoms with Crippen LogP contribution in [0, 0.1) is 44.1 Å². The van der Waals surface area contributed by atoms with Crippen LogP contribution in [0.5, 0.6) is 11.5 Å². The van der Waals surface area contributed by atoms with Crippen LogP contribution in [0.3, 0.4) is 0 Å². The van der Waals surface area contributed by atoms with E-state index in [4.69, 9.17) is 20.5 Å². The number of benzene rings is 2. The zero-order valence-electron chi connectivity index (χ0n) is 14.6. The average molecular weight is 371 g/mol. The number of nitrogens with one attached hydrogen (secondary N) is 1. The van der Waals surface area contributed by atoms with Crippen molar-refractivity contribution >= 4 is 11.4 Å². The lowest BCUT2D eigenvalue weighted by molar-refractivity contribution is -0.384. The molecule has 0 bridgehead atoms. The van der Waals surface area contributed by atoms with Gasteiger partial charge in [0.25, 0.3) is 5.69 Å². The van der Waals surface area contributed by atoms with Crippen molar-refractivity contribution in [3.8, 4) is 29.7 Å². The lowest BCUT2D eigenvalue weighted by atomic mass is 10.1. The Bertz CT molecular complexity index is 1100. The molecule has 1 N–H and O–H groups in total. The van der Waals surface area contributed by atoms with Gasteiger partial charge in [-0.2, -0.15) is 15.8 Å². The molecule has 0 aliphatic heterocycles. The molecule has 136 valence electrons. The summed E-state index contributed by atoms with van der Waals surface area (Å²) in [7, 11) is 0. The van der Waals surface area contributed by atoms with Gasteiger partial charge in [-0.05, 0) is 42.5 Å². The van der Waals surface area contributed by atoms with Gasteiger partial charge >= 0.3 is 0 Å². The Labute approximate surface area is 160 Å². The Morgan fingerprint density at radius 2 is 1.75 bits per heavy atom. The zero-order chi connectivity index (χ0) is 20.1. The number of nitro benzene ring substituents is 1. The number of nitro groups is 1. The molecule has 1 aliphatic rings. The first-order chi connectivity index (χ1) is 13.5. The maximum absolute atomic E-state index is 11.3. The van der Waals surface area contributed by atoms with Crippen molar-refractivity contribution in [1.29, 1.82) is 15.8 Å². The fourth-order valence-electron chi connectivity index (χ4n) is 3.00. The number of nitriles is 3. The third-order valence-electron chi connectivity index (χ3n) is 4.26. The lowest BCUT2D eigenvalue weighted by Crippen LogP contribution is -2.02. The van der Waals surface area contributed by atoms with Crippen molar-refractivity contribution in [1.82, 2.24) is 0 Å². The number of anilines is 1. The maximum Gasteiger partial charge on any atom is 0.275 e. The maximum atomic E-state index is 11.3. The van der Waals surface area contributed by atoms with E-state index < -0.39 is 10.5 Å². The average Bonchev–Trinajstić information content (AvgIpc) is 3.15. The Hall–Kier alpha value is -4.35. The van der Waals surface area contributed by atoms with Gasteiger partial charge in [0.2, 0.25) is 0 Å². The fraction of sp³-hybridized carbons (Fsp3) is 0.150. The van der Waals surface area contributed by atoms with Crippen LogP contribution < -0.4 is 10.1 Å². The Kier molecular flexibility index (Phi) is 5.21. The second-order valence-corrected chi connectivity index (χ2v) is 6.07. The molecule has 1 aliphatic carbocycles. The number of allylic oxidation sites excluding steroid dienone is 2. The van der Waals surface area contributed by atoms with Crippen LogP contribution in [-0.2, 0) is 12.8 Å². The molecule has 0 spiro atoms. The first kappa shape index (κ1) is 18.4. The van der Waals surface area contributed by atoms with Crippen molar-refractivity contribution in [2.75, 3.05) is 5.32 Å². The summed E-state index contributed by atoms with van der Waals surface area (Å²) in [4.78, 5) is 10.7. The number of aryl methyl sites for hydroxylation is 2. The van der Waals surface area contributed by atoms with Crippen LogP contribution in [0.2, 0.25) is 0 Å². The molecule has 0 saturated carbocycles. The second-order valence-electron chi connectivity index (χ2n) is 6.07. The number of fused-ring (bicyclic) bond motifs is 1. The van der Waals surface area contributed by atoms with E-state index in [0.29, 0.717) is 5.75 Å². The molecule has 3 rings (SSSR count). The van der Waals surface area contributed by atoms with Crippen molar-refractivity contribution in [3.63, 3.8) is 0 Å². The molecule has 0 saturated heterocycles. The minimum absolute atomic E-state index is 0.157. The SMILES string of the molecule is N#CC(C#N)=C(C#N)Nc1cc(Oc2ccc3c(c2)CCC3)cc([N+](=O)[O-])c1. The van der Waals surface area contributed by atoms with Crippen LogP contribution in [0.25, 0.3) is 0 Å². The van der Waals surface area contributed by atoms with Crippen molar-refractivity contribution in [2.45, 2.75) is 19.3 Å². The minimum Gasteiger partial charge on any atom is -0.457 e. The number of nitrogens with zero attached hydrogens (tertiary/aromatic N) is 4. The summed E-state index contributed by atoms with van der Waals surface area (Å²) in [6.07, 6.45) is 3.09. The van der Waals surface area contributed by atoms with Crippen LogP contribution >= 0.6 is 0 Å². The van der Waals surface area contributed by atoms with E-state index in [9.17, 15) is 10.1 Å². The van der Waals surface area contributed by atoms with Gasteiger partial charge in [-0.25, -0.2) is 0 Å². The highest BCUT2D eigenvalue weighted by Crippen LogP contribution is 2.33. The summed E-state index contributed by atoms with van der Waals surface area (Å²) < 4.78 is 5.79. The highest BCUT2D eigenvalue weighted by molar-refractivity contribution is 5.63. The van der Waals surface area contributed by atoms with Gasteiger partial charge < -0.3 is 10.1 Å². The van der Waals surface area contributed by atoms with E-state index in [1.165, 1.54) is 29.3 Å². The smallest absolute Gasteiger partial charge is 0.275 e. The summed E-state index contributed by atoms with van der Waals surface area (Å²) >= 11 is 0. The summed E-state index contributed by atoms with van der Waals surface area (Å²) in [6.45, 7) is 0. The quantitative estimate of drug-likeness (QED) is 0.474. The topological polar surface area (TPSA) is 136 Å². The Balaban J connectivity index is 1.95. The van der Waals surface area contributed by atoms with E-state index in [1.807, 2.05) is 12.1 Å². The van der Waals surface area contributed by atoms with E-state index >= 15 is 0 Å². The molecule has 0 atom stereocenters. The van der Waals surface area contributed by atoms with Crippen molar-refractivity contribution < 1.29 is 9.66 Å². The van der Waals surface area contributed by atoms with Gasteiger partial charge in [-0.15, -0.1) is 0 Å². The van der Waals surface area contributed by atoms with E-state index in [2.05, 4.69) is 5.32 Å². The standard InChI is InChI=1S/C20H13N5O3/c21-10-15(11-22)20(12-23)24-16-7-17(25(26)27)9-19(8-16)28-18-5-4-13-2-1-3-14(13)6-18/h4-9,24H,1-3H2. The molecule has 0 fully saturated rings. The molecule has 0 amide bonds. The highest BCUT2D eigenvalue weighted by atomic mass is 16.6. The van der Waals surface area contributed by atoms with Crippen molar-refractivity contribution in [3.05, 3.63) is 68.9 Å². The molecule has 0 unspecified atom stereocenters. The van der Waals surface area contributed by atoms with Gasteiger partial charge in [-0.1, -0.05) is 6.07 Å². The predicted octanol–water partition coefficient (Wildman–Crippen LogP) is 4.11. The fourth-order valence-corrected chi connectivity index (χ4v) is 3.00. The van der Waals surface area contributed by atoms with E-state index in [-0.39, 0.29) is 22.8 Å². The van der Waals surface area contributed by atoms with Gasteiger partial charge in [0, 0.05) is 17.8 Å². The second kappa shape index (κ2) is 7.90. The minimum atomic E-state index is -0.591. The molecule has 0 radical (unpaired) electrons. The van der Waals surface area contributed by atoms with Gasteiger partial charge in [0.05, 0.1) is 11.0 Å². The molecule has 28 heavy (non-hydrogen) atoms. The zero-order valence-corrected chi connectivity index (χ0v) is 14.6. The molecule has 2 aromatic carbocycles. The van der Waals surface area contributed by atoms with E-state index in [0.717, 1.165) is 19.3 Å². The third kappa shape index (κ3) is 3.90.